The van der Waals surface area contributed by atoms with Gasteiger partial charge in [-0.2, -0.15) is 0 Å². The normalized spacial score (nSPS) is 12.2. The fourth-order valence-electron chi connectivity index (χ4n) is 4.80. The lowest BCUT2D eigenvalue weighted by Gasteiger charge is -2.34. The summed E-state index contributed by atoms with van der Waals surface area (Å²) in [6.07, 6.45) is 21.6. The minimum absolute atomic E-state index is 0.177. The summed E-state index contributed by atoms with van der Waals surface area (Å²) in [5, 5.41) is 21.6. The van der Waals surface area contributed by atoms with Crippen molar-refractivity contribution in [1.82, 2.24) is 0 Å². The Morgan fingerprint density at radius 1 is 0.750 bits per heavy atom. The van der Waals surface area contributed by atoms with Crippen LogP contribution in [0.25, 0.3) is 10.8 Å². The Balaban J connectivity index is 0.000000393. The van der Waals surface area contributed by atoms with Gasteiger partial charge >= 0.3 is 5.97 Å². The number of aromatic carboxylic acids is 1. The molecule has 2 aromatic carbocycles. The van der Waals surface area contributed by atoms with Crippen LogP contribution in [0.3, 0.4) is 0 Å². The van der Waals surface area contributed by atoms with Crippen LogP contribution in [0.2, 0.25) is 0 Å². The molecule has 2 aromatic rings. The summed E-state index contributed by atoms with van der Waals surface area (Å²) in [7, 11) is 7.15. The number of carboxylic acid groups (broad SMARTS) is 1. The molecular formula is C32H53NO3. The maximum absolute atomic E-state index is 11.3. The Morgan fingerprint density at radius 3 is 1.64 bits per heavy atom. The molecule has 0 fully saturated rings. The second-order valence-electron chi connectivity index (χ2n) is 11.2. The van der Waals surface area contributed by atoms with Crippen LogP contribution < -0.4 is 5.11 Å². The van der Waals surface area contributed by atoms with Crippen molar-refractivity contribution in [3.8, 4) is 5.75 Å². The average Bonchev–Trinajstić information content (AvgIpc) is 2.83. The molecule has 0 aliphatic carbocycles. The van der Waals surface area contributed by atoms with Crippen LogP contribution in [0.4, 0.5) is 0 Å². The number of rotatable bonds is 17. The van der Waals surface area contributed by atoms with Gasteiger partial charge in [-0.1, -0.05) is 121 Å². The smallest absolute Gasteiger partial charge is 0.335 e. The Morgan fingerprint density at radius 2 is 1.17 bits per heavy atom. The molecule has 0 spiro atoms. The van der Waals surface area contributed by atoms with Gasteiger partial charge in [0.2, 0.25) is 0 Å². The highest BCUT2D eigenvalue weighted by atomic mass is 16.4. The van der Waals surface area contributed by atoms with Crippen LogP contribution in [-0.4, -0.2) is 42.7 Å². The molecule has 0 saturated heterocycles. The zero-order chi connectivity index (χ0) is 26.8. The van der Waals surface area contributed by atoms with Crippen molar-refractivity contribution in [2.45, 2.75) is 116 Å². The topological polar surface area (TPSA) is 60.4 Å². The van der Waals surface area contributed by atoms with Crippen LogP contribution in [0, 0.1) is 0 Å². The third kappa shape index (κ3) is 13.3. The van der Waals surface area contributed by atoms with E-state index in [4.69, 9.17) is 5.11 Å². The van der Waals surface area contributed by atoms with E-state index < -0.39 is 11.7 Å². The molecule has 0 amide bonds. The predicted molar refractivity (Wildman–Crippen MR) is 153 cm³/mol. The first-order chi connectivity index (χ1) is 17.2. The summed E-state index contributed by atoms with van der Waals surface area (Å²) in [5.41, 5.74) is -0.177. The number of hydrogen-bond acceptors (Lipinski definition) is 2. The van der Waals surface area contributed by atoms with E-state index in [-0.39, 0.29) is 5.56 Å². The lowest BCUT2D eigenvalue weighted by molar-refractivity contribution is -0.896. The molecule has 1 N–H and O–H groups in total. The minimum Gasteiger partial charge on any atom is -0.872 e. The highest BCUT2D eigenvalue weighted by Gasteiger charge is 2.22. The van der Waals surface area contributed by atoms with E-state index in [1.54, 1.807) is 18.2 Å². The van der Waals surface area contributed by atoms with Gasteiger partial charge in [0.25, 0.3) is 0 Å². The monoisotopic (exact) mass is 499 g/mol. The molecule has 36 heavy (non-hydrogen) atoms. The van der Waals surface area contributed by atoms with Crippen molar-refractivity contribution < 1.29 is 19.5 Å². The lowest BCUT2D eigenvalue weighted by Crippen LogP contribution is -2.45. The maximum atomic E-state index is 11.3. The fraction of sp³-hybridized carbons (Fsp3) is 0.656. The van der Waals surface area contributed by atoms with E-state index in [1.165, 1.54) is 108 Å². The first kappa shape index (κ1) is 32.0. The lowest BCUT2D eigenvalue weighted by atomic mass is 9.98. The Labute approximate surface area is 221 Å². The summed E-state index contributed by atoms with van der Waals surface area (Å²) >= 11 is 0. The van der Waals surface area contributed by atoms with E-state index in [0.717, 1.165) is 21.3 Å². The van der Waals surface area contributed by atoms with Gasteiger partial charge in [0.05, 0.1) is 32.7 Å². The second kappa shape index (κ2) is 18.2. The average molecular weight is 500 g/mol. The summed E-state index contributed by atoms with van der Waals surface area (Å²) in [5.74, 6) is -1.63. The van der Waals surface area contributed by atoms with Crippen molar-refractivity contribution in [3.05, 3.63) is 42.0 Å². The van der Waals surface area contributed by atoms with Crippen LogP contribution in [0.1, 0.15) is 121 Å². The molecule has 4 nitrogen and oxygen atoms in total. The van der Waals surface area contributed by atoms with Gasteiger partial charge in [-0.15, -0.1) is 0 Å². The third-order valence-electron chi connectivity index (χ3n) is 7.21. The van der Waals surface area contributed by atoms with Crippen molar-refractivity contribution >= 4 is 16.7 Å². The fourth-order valence-corrected chi connectivity index (χ4v) is 4.80. The number of hydrogen-bond donors (Lipinski definition) is 1. The molecule has 4 heteroatoms. The summed E-state index contributed by atoms with van der Waals surface area (Å²) in [4.78, 5) is 10.7. The van der Waals surface area contributed by atoms with Crippen LogP contribution >= 0.6 is 0 Å². The zero-order valence-corrected chi connectivity index (χ0v) is 23.9. The zero-order valence-electron chi connectivity index (χ0n) is 23.9. The van der Waals surface area contributed by atoms with Gasteiger partial charge < -0.3 is 14.7 Å². The maximum Gasteiger partial charge on any atom is 0.335 e. The number of nitrogens with zero attached hydrogens (tertiary/aromatic N) is 1. The molecule has 204 valence electrons. The molecule has 0 aromatic heterocycles. The van der Waals surface area contributed by atoms with Gasteiger partial charge in [-0.25, -0.2) is 4.79 Å². The van der Waals surface area contributed by atoms with Crippen LogP contribution in [0.15, 0.2) is 36.4 Å². The minimum atomic E-state index is -1.18. The highest BCUT2D eigenvalue weighted by molar-refractivity contribution is 5.97. The molecule has 0 aliphatic heterocycles. The number of carbonyl (C=O) groups is 1. The molecule has 0 aliphatic rings. The van der Waals surface area contributed by atoms with Gasteiger partial charge in [-0.05, 0) is 42.5 Å². The van der Waals surface area contributed by atoms with Crippen LogP contribution in [-0.2, 0) is 0 Å². The molecule has 0 radical (unpaired) electrons. The largest absolute Gasteiger partial charge is 0.872 e. The van der Waals surface area contributed by atoms with Gasteiger partial charge in [0, 0.05) is 0 Å². The van der Waals surface area contributed by atoms with Crippen LogP contribution in [0.5, 0.6) is 5.75 Å². The first-order valence-corrected chi connectivity index (χ1v) is 14.4. The van der Waals surface area contributed by atoms with Crippen molar-refractivity contribution in [2.24, 2.45) is 0 Å². The second-order valence-corrected chi connectivity index (χ2v) is 11.2. The molecule has 1 atom stereocenters. The number of carboxylic acids is 1. The molecule has 2 rings (SSSR count). The summed E-state index contributed by atoms with van der Waals surface area (Å²) < 4.78 is 1.15. The number of unbranched alkanes of at least 4 members (excludes halogenated alkanes) is 11. The van der Waals surface area contributed by atoms with Crippen molar-refractivity contribution in [3.63, 3.8) is 0 Å². The van der Waals surface area contributed by atoms with Gasteiger partial charge in [0.15, 0.2) is 0 Å². The van der Waals surface area contributed by atoms with E-state index in [0.29, 0.717) is 0 Å². The molecule has 1 unspecified atom stereocenters. The number of fused-ring (bicyclic) bond motifs is 1. The van der Waals surface area contributed by atoms with E-state index in [2.05, 4.69) is 35.0 Å². The predicted octanol–water partition coefficient (Wildman–Crippen LogP) is 8.56. The van der Waals surface area contributed by atoms with E-state index >= 15 is 0 Å². The molecule has 0 saturated carbocycles. The summed E-state index contributed by atoms with van der Waals surface area (Å²) in [6.45, 7) is 4.61. The van der Waals surface area contributed by atoms with E-state index in [1.807, 2.05) is 6.07 Å². The van der Waals surface area contributed by atoms with Gasteiger partial charge in [0.1, 0.15) is 0 Å². The molecule has 0 bridgehead atoms. The Bertz CT molecular complexity index is 856. The van der Waals surface area contributed by atoms with Crippen molar-refractivity contribution in [2.75, 3.05) is 21.1 Å². The standard InChI is InChI=1S/C21H46N.C11H8O3/c1-6-8-10-11-12-13-14-15-16-18-20-21(22(3,4)5)19-17-9-7-2;12-10-6-8-4-2-1-3-7(8)5-9(10)11(13)14/h21H,6-20H2,1-5H3;1-6,12H,(H,13,14)/q+1;/p-1. The summed E-state index contributed by atoms with van der Waals surface area (Å²) in [6, 6.07) is 10.8. The first-order valence-electron chi connectivity index (χ1n) is 14.4. The molecular weight excluding hydrogens is 446 g/mol. The number of benzene rings is 2. The molecule has 0 heterocycles. The Kier molecular flexibility index (Phi) is 16.2. The quantitative estimate of drug-likeness (QED) is 0.175. The highest BCUT2D eigenvalue weighted by Crippen LogP contribution is 2.23. The van der Waals surface area contributed by atoms with E-state index in [9.17, 15) is 9.90 Å². The van der Waals surface area contributed by atoms with Gasteiger partial charge in [-0.3, -0.25) is 0 Å². The third-order valence-corrected chi connectivity index (χ3v) is 7.21. The number of quaternary nitrogens is 1. The Hall–Kier alpha value is -2.07. The van der Waals surface area contributed by atoms with Crippen molar-refractivity contribution in [1.29, 1.82) is 0 Å². The SMILES string of the molecule is CCCCCCCCCCCCC(CCCCC)[N+](C)(C)C.O=C(O)c1cc2ccccc2cc1[O-].